The van der Waals surface area contributed by atoms with Crippen molar-refractivity contribution < 1.29 is 4.79 Å². The molecule has 0 aliphatic heterocycles. The van der Waals surface area contributed by atoms with Gasteiger partial charge in [0.1, 0.15) is 6.29 Å². The second-order valence-electron chi connectivity index (χ2n) is 3.23. The summed E-state index contributed by atoms with van der Waals surface area (Å²) in [5.74, 6) is 0. The Hall–Kier alpha value is -1.31. The molecule has 1 aromatic rings. The van der Waals surface area contributed by atoms with Crippen LogP contribution in [0.15, 0.2) is 24.3 Å². The minimum Gasteiger partial charge on any atom is -0.377 e. The molecule has 13 heavy (non-hydrogen) atoms. The molecule has 0 aromatic heterocycles. The molecule has 0 aliphatic rings. The van der Waals surface area contributed by atoms with E-state index in [0.29, 0.717) is 6.42 Å². The standard InChI is InChI=1S/C11H15NO/c1-12(2)11-8-4-3-6-10(11)7-5-9-13/h3-4,6,8-9H,5,7H2,1-2H3. The molecule has 2 nitrogen and oxygen atoms in total. The zero-order chi connectivity index (χ0) is 9.68. The van der Waals surface area contributed by atoms with Crippen molar-refractivity contribution in [1.29, 1.82) is 0 Å². The summed E-state index contributed by atoms with van der Waals surface area (Å²) < 4.78 is 0. The van der Waals surface area contributed by atoms with Crippen LogP contribution < -0.4 is 4.90 Å². The fourth-order valence-corrected chi connectivity index (χ4v) is 1.37. The fourth-order valence-electron chi connectivity index (χ4n) is 1.37. The minimum atomic E-state index is 0.602. The molecule has 70 valence electrons. The molecule has 0 aliphatic carbocycles. The highest BCUT2D eigenvalue weighted by atomic mass is 16.1. The lowest BCUT2D eigenvalue weighted by atomic mass is 10.1. The summed E-state index contributed by atoms with van der Waals surface area (Å²) in [6.45, 7) is 0. The predicted octanol–water partition coefficient (Wildman–Crippen LogP) is 1.88. The van der Waals surface area contributed by atoms with E-state index in [2.05, 4.69) is 17.0 Å². The van der Waals surface area contributed by atoms with Gasteiger partial charge in [-0.3, -0.25) is 0 Å². The number of hydrogen-bond donors (Lipinski definition) is 0. The molecule has 0 saturated heterocycles. The number of carbonyl (C=O) groups excluding carboxylic acids is 1. The molecular weight excluding hydrogens is 162 g/mol. The summed E-state index contributed by atoms with van der Waals surface area (Å²) in [5.41, 5.74) is 2.43. The normalized spacial score (nSPS) is 9.69. The van der Waals surface area contributed by atoms with Gasteiger partial charge in [-0.15, -0.1) is 0 Å². The Labute approximate surface area is 79.2 Å². The molecule has 1 rings (SSSR count). The number of para-hydroxylation sites is 1. The van der Waals surface area contributed by atoms with Crippen LogP contribution in [0.3, 0.4) is 0 Å². The van der Waals surface area contributed by atoms with E-state index in [-0.39, 0.29) is 0 Å². The number of hydrogen-bond acceptors (Lipinski definition) is 2. The third kappa shape index (κ3) is 2.58. The molecule has 2 heteroatoms. The lowest BCUT2D eigenvalue weighted by Crippen LogP contribution is -2.11. The highest BCUT2D eigenvalue weighted by Gasteiger charge is 2.01. The Morgan fingerprint density at radius 1 is 1.31 bits per heavy atom. The van der Waals surface area contributed by atoms with Crippen LogP contribution in [0.25, 0.3) is 0 Å². The molecular formula is C11H15NO. The highest BCUT2D eigenvalue weighted by molar-refractivity contribution is 5.56. The number of aryl methyl sites for hydroxylation is 1. The van der Waals surface area contributed by atoms with Crippen LogP contribution in [0.4, 0.5) is 5.69 Å². The van der Waals surface area contributed by atoms with E-state index in [1.165, 1.54) is 11.3 Å². The monoisotopic (exact) mass is 177 g/mol. The lowest BCUT2D eigenvalue weighted by Gasteiger charge is -2.16. The SMILES string of the molecule is CN(C)c1ccccc1CCC=O. The largest absolute Gasteiger partial charge is 0.377 e. The average Bonchev–Trinajstić information content (AvgIpc) is 2.15. The van der Waals surface area contributed by atoms with Gasteiger partial charge in [0, 0.05) is 26.2 Å². The van der Waals surface area contributed by atoms with Crippen LogP contribution in [0, 0.1) is 0 Å². The Kier molecular flexibility index (Phi) is 3.50. The van der Waals surface area contributed by atoms with Crippen molar-refractivity contribution in [3.8, 4) is 0 Å². The molecule has 0 radical (unpaired) electrons. The molecule has 0 saturated carbocycles. The first-order valence-corrected chi connectivity index (χ1v) is 4.44. The molecule has 0 fully saturated rings. The van der Waals surface area contributed by atoms with Crippen LogP contribution in [-0.2, 0) is 11.2 Å². The summed E-state index contributed by atoms with van der Waals surface area (Å²) in [5, 5.41) is 0. The summed E-state index contributed by atoms with van der Waals surface area (Å²) in [6, 6.07) is 8.16. The molecule has 0 N–H and O–H groups in total. The average molecular weight is 177 g/mol. The zero-order valence-corrected chi connectivity index (χ0v) is 8.16. The van der Waals surface area contributed by atoms with E-state index in [9.17, 15) is 4.79 Å². The maximum absolute atomic E-state index is 10.2. The third-order valence-corrected chi connectivity index (χ3v) is 2.00. The lowest BCUT2D eigenvalue weighted by molar-refractivity contribution is -0.107. The van der Waals surface area contributed by atoms with Gasteiger partial charge in [-0.1, -0.05) is 18.2 Å². The van der Waals surface area contributed by atoms with E-state index in [1.54, 1.807) is 0 Å². The molecule has 0 atom stereocenters. The molecule has 0 amide bonds. The number of anilines is 1. The van der Waals surface area contributed by atoms with Crippen molar-refractivity contribution in [2.45, 2.75) is 12.8 Å². The van der Waals surface area contributed by atoms with Crippen LogP contribution in [0.1, 0.15) is 12.0 Å². The predicted molar refractivity (Wildman–Crippen MR) is 55.2 cm³/mol. The Morgan fingerprint density at radius 3 is 2.62 bits per heavy atom. The van der Waals surface area contributed by atoms with Crippen molar-refractivity contribution in [3.63, 3.8) is 0 Å². The van der Waals surface area contributed by atoms with E-state index < -0.39 is 0 Å². The van der Waals surface area contributed by atoms with Crippen molar-refractivity contribution in [1.82, 2.24) is 0 Å². The highest BCUT2D eigenvalue weighted by Crippen LogP contribution is 2.18. The van der Waals surface area contributed by atoms with Crippen LogP contribution in [0.5, 0.6) is 0 Å². The number of aldehydes is 1. The maximum Gasteiger partial charge on any atom is 0.120 e. The van der Waals surface area contributed by atoms with E-state index in [1.807, 2.05) is 26.2 Å². The van der Waals surface area contributed by atoms with Crippen LogP contribution in [-0.4, -0.2) is 20.4 Å². The molecule has 1 aromatic carbocycles. The smallest absolute Gasteiger partial charge is 0.120 e. The van der Waals surface area contributed by atoms with Crippen LogP contribution >= 0.6 is 0 Å². The van der Waals surface area contributed by atoms with Gasteiger partial charge in [-0.2, -0.15) is 0 Å². The van der Waals surface area contributed by atoms with Crippen LogP contribution in [0.2, 0.25) is 0 Å². The molecule has 0 unspecified atom stereocenters. The van der Waals surface area contributed by atoms with E-state index in [4.69, 9.17) is 0 Å². The van der Waals surface area contributed by atoms with Gasteiger partial charge in [0.15, 0.2) is 0 Å². The van der Waals surface area contributed by atoms with Gasteiger partial charge < -0.3 is 9.69 Å². The number of rotatable bonds is 4. The Balaban J connectivity index is 2.84. The Bertz CT molecular complexity index is 281. The van der Waals surface area contributed by atoms with Crippen molar-refractivity contribution in [2.75, 3.05) is 19.0 Å². The van der Waals surface area contributed by atoms with Gasteiger partial charge in [0.25, 0.3) is 0 Å². The van der Waals surface area contributed by atoms with Gasteiger partial charge in [-0.05, 0) is 18.1 Å². The van der Waals surface area contributed by atoms with Crippen molar-refractivity contribution >= 4 is 12.0 Å². The zero-order valence-electron chi connectivity index (χ0n) is 8.16. The first kappa shape index (κ1) is 9.78. The van der Waals surface area contributed by atoms with E-state index in [0.717, 1.165) is 12.7 Å². The summed E-state index contributed by atoms with van der Waals surface area (Å²) >= 11 is 0. The summed E-state index contributed by atoms with van der Waals surface area (Å²) in [4.78, 5) is 12.3. The Morgan fingerprint density at radius 2 is 2.00 bits per heavy atom. The number of nitrogens with zero attached hydrogens (tertiary/aromatic N) is 1. The van der Waals surface area contributed by atoms with Gasteiger partial charge in [0.2, 0.25) is 0 Å². The second kappa shape index (κ2) is 4.65. The van der Waals surface area contributed by atoms with Crippen molar-refractivity contribution in [3.05, 3.63) is 29.8 Å². The van der Waals surface area contributed by atoms with E-state index >= 15 is 0 Å². The second-order valence-corrected chi connectivity index (χ2v) is 3.23. The number of carbonyl (C=O) groups is 1. The maximum atomic E-state index is 10.2. The van der Waals surface area contributed by atoms with Crippen molar-refractivity contribution in [2.24, 2.45) is 0 Å². The molecule has 0 heterocycles. The minimum absolute atomic E-state index is 0.602. The van der Waals surface area contributed by atoms with Gasteiger partial charge in [-0.25, -0.2) is 0 Å². The molecule has 0 bridgehead atoms. The number of benzene rings is 1. The fraction of sp³-hybridized carbons (Fsp3) is 0.364. The van der Waals surface area contributed by atoms with Gasteiger partial charge in [0.05, 0.1) is 0 Å². The summed E-state index contributed by atoms with van der Waals surface area (Å²) in [7, 11) is 4.03. The van der Waals surface area contributed by atoms with Gasteiger partial charge >= 0.3 is 0 Å². The first-order valence-electron chi connectivity index (χ1n) is 4.44. The quantitative estimate of drug-likeness (QED) is 0.654. The topological polar surface area (TPSA) is 20.3 Å². The first-order chi connectivity index (χ1) is 6.25. The third-order valence-electron chi connectivity index (χ3n) is 2.00. The molecule has 0 spiro atoms. The summed E-state index contributed by atoms with van der Waals surface area (Å²) in [6.07, 6.45) is 2.40.